The molecular weight excluding hydrogens is 388 g/mol. The molecule has 0 aliphatic carbocycles. The van der Waals surface area contributed by atoms with E-state index in [1.54, 1.807) is 7.11 Å². The number of hydrogen-bond donors (Lipinski definition) is 0. The van der Waals surface area contributed by atoms with Crippen molar-refractivity contribution in [3.8, 4) is 28.4 Å². The van der Waals surface area contributed by atoms with Crippen LogP contribution in [0.2, 0.25) is 0 Å². The lowest BCUT2D eigenvalue weighted by atomic mass is 9.99. The Morgan fingerprint density at radius 1 is 0.806 bits per heavy atom. The average molecular weight is 421 g/mol. The summed E-state index contributed by atoms with van der Waals surface area (Å²) in [6.07, 6.45) is 0.771. The van der Waals surface area contributed by atoms with Gasteiger partial charge in [0.2, 0.25) is 0 Å². The van der Waals surface area contributed by atoms with Gasteiger partial charge < -0.3 is 18.9 Å². The summed E-state index contributed by atoms with van der Waals surface area (Å²) in [4.78, 5) is 0. The van der Waals surface area contributed by atoms with Gasteiger partial charge in [0.15, 0.2) is 6.29 Å². The molecule has 0 spiro atoms. The molecule has 0 aliphatic heterocycles. The van der Waals surface area contributed by atoms with Crippen molar-refractivity contribution in [3.05, 3.63) is 78.4 Å². The van der Waals surface area contributed by atoms with E-state index in [-0.39, 0.29) is 6.29 Å². The highest BCUT2D eigenvalue weighted by molar-refractivity contribution is 5.71. The van der Waals surface area contributed by atoms with Crippen LogP contribution in [-0.2, 0) is 4.74 Å². The third kappa shape index (κ3) is 6.50. The Morgan fingerprint density at radius 2 is 1.58 bits per heavy atom. The minimum atomic E-state index is -0.355. The standard InChI is InChI=1S/C27H32O4/c1-5-20(2)22-13-15-24(16-14-22)31-21(3)29-17-18-30-27-12-7-6-11-26(27)23-9-8-10-25(19-23)28-4/h6-16,19-21H,5,17-18H2,1-4H3. The van der Waals surface area contributed by atoms with E-state index in [0.717, 1.165) is 34.8 Å². The Balaban J connectivity index is 1.50. The Labute approximate surface area is 185 Å². The van der Waals surface area contributed by atoms with E-state index < -0.39 is 0 Å². The zero-order chi connectivity index (χ0) is 22.1. The second kappa shape index (κ2) is 11.4. The molecule has 4 nitrogen and oxygen atoms in total. The molecule has 0 fully saturated rings. The lowest BCUT2D eigenvalue weighted by molar-refractivity contribution is -0.0738. The summed E-state index contributed by atoms with van der Waals surface area (Å²) >= 11 is 0. The van der Waals surface area contributed by atoms with Gasteiger partial charge in [0, 0.05) is 5.56 Å². The molecule has 0 saturated carbocycles. The summed E-state index contributed by atoms with van der Waals surface area (Å²) in [5, 5.41) is 0. The Morgan fingerprint density at radius 3 is 2.32 bits per heavy atom. The van der Waals surface area contributed by atoms with Gasteiger partial charge in [0.05, 0.1) is 13.7 Å². The third-order valence-corrected chi connectivity index (χ3v) is 5.32. The predicted octanol–water partition coefficient (Wildman–Crippen LogP) is 6.70. The highest BCUT2D eigenvalue weighted by atomic mass is 16.7. The number of hydrogen-bond acceptors (Lipinski definition) is 4. The van der Waals surface area contributed by atoms with E-state index in [9.17, 15) is 0 Å². The lowest BCUT2D eigenvalue weighted by Gasteiger charge is -2.17. The maximum atomic E-state index is 6.00. The van der Waals surface area contributed by atoms with Gasteiger partial charge in [-0.2, -0.15) is 0 Å². The molecule has 0 aromatic heterocycles. The molecule has 0 bridgehead atoms. The minimum Gasteiger partial charge on any atom is -0.497 e. The van der Waals surface area contributed by atoms with Crippen LogP contribution >= 0.6 is 0 Å². The van der Waals surface area contributed by atoms with Crippen molar-refractivity contribution >= 4 is 0 Å². The van der Waals surface area contributed by atoms with Crippen molar-refractivity contribution in [1.82, 2.24) is 0 Å². The van der Waals surface area contributed by atoms with Gasteiger partial charge in [0.1, 0.15) is 23.9 Å². The highest BCUT2D eigenvalue weighted by Gasteiger charge is 2.09. The smallest absolute Gasteiger partial charge is 0.197 e. The van der Waals surface area contributed by atoms with Crippen LogP contribution in [0.25, 0.3) is 11.1 Å². The predicted molar refractivity (Wildman–Crippen MR) is 125 cm³/mol. The zero-order valence-electron chi connectivity index (χ0n) is 18.8. The molecule has 0 N–H and O–H groups in total. The number of rotatable bonds is 11. The molecule has 0 saturated heterocycles. The van der Waals surface area contributed by atoms with E-state index in [2.05, 4.69) is 26.0 Å². The maximum absolute atomic E-state index is 6.00. The largest absolute Gasteiger partial charge is 0.497 e. The number of benzene rings is 3. The third-order valence-electron chi connectivity index (χ3n) is 5.32. The molecule has 2 unspecified atom stereocenters. The van der Waals surface area contributed by atoms with Gasteiger partial charge in [-0.25, -0.2) is 0 Å². The van der Waals surface area contributed by atoms with Crippen molar-refractivity contribution in [3.63, 3.8) is 0 Å². The van der Waals surface area contributed by atoms with Gasteiger partial charge >= 0.3 is 0 Å². The summed E-state index contributed by atoms with van der Waals surface area (Å²) in [6.45, 7) is 7.18. The van der Waals surface area contributed by atoms with Crippen LogP contribution in [0.5, 0.6) is 17.2 Å². The molecule has 3 rings (SSSR count). The van der Waals surface area contributed by atoms with Crippen LogP contribution < -0.4 is 14.2 Å². The first-order valence-electron chi connectivity index (χ1n) is 10.8. The minimum absolute atomic E-state index is 0.355. The summed E-state index contributed by atoms with van der Waals surface area (Å²) < 4.78 is 23.0. The van der Waals surface area contributed by atoms with E-state index in [1.165, 1.54) is 5.56 Å². The Kier molecular flexibility index (Phi) is 8.36. The fourth-order valence-electron chi connectivity index (χ4n) is 3.32. The molecule has 0 amide bonds. The van der Waals surface area contributed by atoms with Crippen LogP contribution in [0.1, 0.15) is 38.7 Å². The SMILES string of the molecule is CCC(C)c1ccc(OC(C)OCCOc2ccccc2-c2cccc(OC)c2)cc1. The van der Waals surface area contributed by atoms with Gasteiger partial charge in [-0.15, -0.1) is 0 Å². The first kappa shape index (κ1) is 22.7. The quantitative estimate of drug-likeness (QED) is 0.256. The summed E-state index contributed by atoms with van der Waals surface area (Å²) in [5.41, 5.74) is 3.40. The molecule has 4 heteroatoms. The summed E-state index contributed by atoms with van der Waals surface area (Å²) in [6, 6.07) is 24.2. The first-order chi connectivity index (χ1) is 15.1. The molecular formula is C27H32O4. The number of para-hydroxylation sites is 1. The second-order valence-electron chi connectivity index (χ2n) is 7.51. The van der Waals surface area contributed by atoms with Crippen molar-refractivity contribution in [2.45, 2.75) is 39.4 Å². The van der Waals surface area contributed by atoms with Gasteiger partial charge in [-0.3, -0.25) is 0 Å². The van der Waals surface area contributed by atoms with E-state index in [1.807, 2.05) is 67.6 Å². The Bertz CT molecular complexity index is 936. The van der Waals surface area contributed by atoms with Gasteiger partial charge in [-0.1, -0.05) is 56.3 Å². The summed E-state index contributed by atoms with van der Waals surface area (Å²) in [7, 11) is 1.67. The molecule has 3 aromatic rings. The van der Waals surface area contributed by atoms with Crippen molar-refractivity contribution < 1.29 is 18.9 Å². The summed E-state index contributed by atoms with van der Waals surface area (Å²) in [5.74, 6) is 3.00. The second-order valence-corrected chi connectivity index (χ2v) is 7.51. The number of ether oxygens (including phenoxy) is 4. The Hall–Kier alpha value is -2.98. The van der Waals surface area contributed by atoms with Gasteiger partial charge in [-0.05, 0) is 60.7 Å². The van der Waals surface area contributed by atoms with E-state index >= 15 is 0 Å². The highest BCUT2D eigenvalue weighted by Crippen LogP contribution is 2.31. The topological polar surface area (TPSA) is 36.9 Å². The van der Waals surface area contributed by atoms with Gasteiger partial charge in [0.25, 0.3) is 0 Å². The van der Waals surface area contributed by atoms with Crippen molar-refractivity contribution in [1.29, 1.82) is 0 Å². The lowest BCUT2D eigenvalue weighted by Crippen LogP contribution is -2.20. The monoisotopic (exact) mass is 420 g/mol. The average Bonchev–Trinajstić information content (AvgIpc) is 2.82. The fraction of sp³-hybridized carbons (Fsp3) is 0.333. The van der Waals surface area contributed by atoms with Crippen LogP contribution in [0, 0.1) is 0 Å². The normalized spacial score (nSPS) is 12.8. The molecule has 3 aromatic carbocycles. The zero-order valence-corrected chi connectivity index (χ0v) is 18.8. The van der Waals surface area contributed by atoms with Crippen molar-refractivity contribution in [2.24, 2.45) is 0 Å². The molecule has 0 radical (unpaired) electrons. The molecule has 31 heavy (non-hydrogen) atoms. The van der Waals surface area contributed by atoms with Crippen LogP contribution in [-0.4, -0.2) is 26.6 Å². The van der Waals surface area contributed by atoms with E-state index in [0.29, 0.717) is 19.1 Å². The fourth-order valence-corrected chi connectivity index (χ4v) is 3.32. The maximum Gasteiger partial charge on any atom is 0.197 e. The van der Waals surface area contributed by atoms with Crippen molar-refractivity contribution in [2.75, 3.05) is 20.3 Å². The molecule has 164 valence electrons. The number of methoxy groups -OCH3 is 1. The van der Waals surface area contributed by atoms with Crippen LogP contribution in [0.4, 0.5) is 0 Å². The van der Waals surface area contributed by atoms with E-state index in [4.69, 9.17) is 18.9 Å². The molecule has 2 atom stereocenters. The molecule has 0 aliphatic rings. The first-order valence-corrected chi connectivity index (χ1v) is 10.8. The van der Waals surface area contributed by atoms with Crippen LogP contribution in [0.15, 0.2) is 72.8 Å². The van der Waals surface area contributed by atoms with Crippen LogP contribution in [0.3, 0.4) is 0 Å². The molecule has 0 heterocycles.